The summed E-state index contributed by atoms with van der Waals surface area (Å²) in [5.74, 6) is -1.03. The van der Waals surface area contributed by atoms with E-state index in [2.05, 4.69) is 5.32 Å². The van der Waals surface area contributed by atoms with Gasteiger partial charge in [-0.2, -0.15) is 0 Å². The summed E-state index contributed by atoms with van der Waals surface area (Å²) in [6.07, 6.45) is 1.59. The predicted octanol–water partition coefficient (Wildman–Crippen LogP) is 4.28. The Morgan fingerprint density at radius 1 is 1.21 bits per heavy atom. The van der Waals surface area contributed by atoms with Crippen molar-refractivity contribution in [1.29, 1.82) is 0 Å². The SMILES string of the molecule is CC.CCNC(C)Cc1cc(F)c2occ(F)c2c1. The van der Waals surface area contributed by atoms with Crippen molar-refractivity contribution in [3.8, 4) is 0 Å². The fourth-order valence-electron chi connectivity index (χ4n) is 2.01. The number of hydrogen-bond donors (Lipinski definition) is 1. The lowest BCUT2D eigenvalue weighted by Gasteiger charge is -2.12. The Kier molecular flexibility index (Phi) is 5.96. The number of likely N-dealkylation sites (N-methyl/N-ethyl adjacent to an activating group) is 1. The molecule has 1 aromatic carbocycles. The highest BCUT2D eigenvalue weighted by Gasteiger charge is 2.13. The Bertz CT molecular complexity index is 522. The Hall–Kier alpha value is -1.42. The van der Waals surface area contributed by atoms with Gasteiger partial charge in [0.05, 0.1) is 5.39 Å². The van der Waals surface area contributed by atoms with Crippen LogP contribution in [0.3, 0.4) is 0 Å². The van der Waals surface area contributed by atoms with Gasteiger partial charge in [0.2, 0.25) is 0 Å². The van der Waals surface area contributed by atoms with Crippen LogP contribution in [0.1, 0.15) is 33.3 Å². The maximum atomic E-state index is 13.6. The van der Waals surface area contributed by atoms with E-state index >= 15 is 0 Å². The second-order valence-corrected chi connectivity index (χ2v) is 4.20. The van der Waals surface area contributed by atoms with Gasteiger partial charge in [-0.25, -0.2) is 8.78 Å². The van der Waals surface area contributed by atoms with Crippen molar-refractivity contribution in [1.82, 2.24) is 5.32 Å². The van der Waals surface area contributed by atoms with Gasteiger partial charge < -0.3 is 9.73 Å². The van der Waals surface area contributed by atoms with Crippen LogP contribution in [0, 0.1) is 11.6 Å². The minimum atomic E-state index is -0.517. The zero-order valence-corrected chi connectivity index (χ0v) is 11.9. The number of fused-ring (bicyclic) bond motifs is 1. The maximum Gasteiger partial charge on any atom is 0.172 e. The van der Waals surface area contributed by atoms with Crippen molar-refractivity contribution in [2.24, 2.45) is 0 Å². The lowest BCUT2D eigenvalue weighted by atomic mass is 10.0. The zero-order valence-electron chi connectivity index (χ0n) is 11.9. The predicted molar refractivity (Wildman–Crippen MR) is 74.3 cm³/mol. The van der Waals surface area contributed by atoms with E-state index in [1.54, 1.807) is 6.07 Å². The average Bonchev–Trinajstić information content (AvgIpc) is 2.75. The second-order valence-electron chi connectivity index (χ2n) is 4.20. The van der Waals surface area contributed by atoms with Gasteiger partial charge in [-0.05, 0) is 37.6 Å². The average molecular weight is 269 g/mol. The summed E-state index contributed by atoms with van der Waals surface area (Å²) in [4.78, 5) is 0. The topological polar surface area (TPSA) is 25.2 Å². The van der Waals surface area contributed by atoms with Crippen LogP contribution in [-0.4, -0.2) is 12.6 Å². The molecule has 19 heavy (non-hydrogen) atoms. The standard InChI is InChI=1S/C13H15F2NO.C2H6/c1-3-16-8(2)4-9-5-10-12(15)7-17-13(10)11(14)6-9;1-2/h5-8,16H,3-4H2,1-2H3;1-2H3. The van der Waals surface area contributed by atoms with Crippen LogP contribution in [-0.2, 0) is 6.42 Å². The molecule has 1 unspecified atom stereocenters. The van der Waals surface area contributed by atoms with Crippen LogP contribution < -0.4 is 5.32 Å². The highest BCUT2D eigenvalue weighted by molar-refractivity contribution is 5.79. The van der Waals surface area contributed by atoms with E-state index < -0.39 is 11.6 Å². The summed E-state index contributed by atoms with van der Waals surface area (Å²) in [7, 11) is 0. The summed E-state index contributed by atoms with van der Waals surface area (Å²) in [6.45, 7) is 8.87. The van der Waals surface area contributed by atoms with Gasteiger partial charge >= 0.3 is 0 Å². The number of rotatable bonds is 4. The number of furan rings is 1. The minimum Gasteiger partial charge on any atom is -0.458 e. The first kappa shape index (κ1) is 15.6. The number of hydrogen-bond acceptors (Lipinski definition) is 2. The van der Waals surface area contributed by atoms with Crippen molar-refractivity contribution in [2.75, 3.05) is 6.54 Å². The van der Waals surface area contributed by atoms with Crippen molar-refractivity contribution in [3.05, 3.63) is 35.6 Å². The highest BCUT2D eigenvalue weighted by atomic mass is 19.1. The molecule has 0 fully saturated rings. The van der Waals surface area contributed by atoms with E-state index in [0.29, 0.717) is 6.42 Å². The minimum absolute atomic E-state index is 0.0117. The van der Waals surface area contributed by atoms with Gasteiger partial charge in [0, 0.05) is 6.04 Å². The summed E-state index contributed by atoms with van der Waals surface area (Å²) < 4.78 is 31.8. The molecule has 2 rings (SSSR count). The molecule has 0 aliphatic heterocycles. The van der Waals surface area contributed by atoms with Crippen molar-refractivity contribution in [2.45, 2.75) is 40.2 Å². The van der Waals surface area contributed by atoms with Crippen molar-refractivity contribution < 1.29 is 13.2 Å². The van der Waals surface area contributed by atoms with Gasteiger partial charge in [0.1, 0.15) is 6.26 Å². The first-order valence-corrected chi connectivity index (χ1v) is 6.70. The molecule has 1 N–H and O–H groups in total. The summed E-state index contributed by atoms with van der Waals surface area (Å²) in [5, 5.41) is 3.44. The molecule has 0 aliphatic rings. The fraction of sp³-hybridized carbons (Fsp3) is 0.467. The molecule has 0 aliphatic carbocycles. The maximum absolute atomic E-state index is 13.6. The fourth-order valence-corrected chi connectivity index (χ4v) is 2.01. The van der Waals surface area contributed by atoms with Gasteiger partial charge in [-0.1, -0.05) is 20.8 Å². The molecule has 2 aromatic rings. The van der Waals surface area contributed by atoms with Crippen LogP contribution in [0.5, 0.6) is 0 Å². The lowest BCUT2D eigenvalue weighted by molar-refractivity contribution is 0.534. The summed E-state index contributed by atoms with van der Waals surface area (Å²) in [6, 6.07) is 3.27. The van der Waals surface area contributed by atoms with E-state index in [0.717, 1.165) is 18.4 Å². The van der Waals surface area contributed by atoms with Crippen LogP contribution in [0.2, 0.25) is 0 Å². The van der Waals surface area contributed by atoms with E-state index in [-0.39, 0.29) is 17.0 Å². The lowest BCUT2D eigenvalue weighted by Crippen LogP contribution is -2.27. The molecule has 1 atom stereocenters. The molecule has 2 nitrogen and oxygen atoms in total. The Morgan fingerprint density at radius 2 is 1.89 bits per heavy atom. The molecule has 1 aromatic heterocycles. The van der Waals surface area contributed by atoms with Gasteiger partial charge in [-0.15, -0.1) is 0 Å². The van der Waals surface area contributed by atoms with E-state index in [1.165, 1.54) is 6.07 Å². The monoisotopic (exact) mass is 269 g/mol. The third-order valence-corrected chi connectivity index (χ3v) is 2.74. The van der Waals surface area contributed by atoms with Gasteiger partial charge in [0.25, 0.3) is 0 Å². The number of nitrogens with one attached hydrogen (secondary N) is 1. The van der Waals surface area contributed by atoms with Gasteiger partial charge in [-0.3, -0.25) is 0 Å². The van der Waals surface area contributed by atoms with E-state index in [1.807, 2.05) is 27.7 Å². The quantitative estimate of drug-likeness (QED) is 0.896. The number of halogens is 2. The third kappa shape index (κ3) is 3.77. The van der Waals surface area contributed by atoms with Crippen LogP contribution >= 0.6 is 0 Å². The van der Waals surface area contributed by atoms with Crippen molar-refractivity contribution >= 4 is 11.0 Å². The molecular weight excluding hydrogens is 248 g/mol. The van der Waals surface area contributed by atoms with E-state index in [4.69, 9.17) is 4.42 Å². The first-order chi connectivity index (χ1) is 9.11. The summed E-state index contributed by atoms with van der Waals surface area (Å²) >= 11 is 0. The molecule has 106 valence electrons. The highest BCUT2D eigenvalue weighted by Crippen LogP contribution is 2.24. The Morgan fingerprint density at radius 3 is 2.53 bits per heavy atom. The molecule has 0 spiro atoms. The van der Waals surface area contributed by atoms with E-state index in [9.17, 15) is 8.78 Å². The second kappa shape index (κ2) is 7.24. The third-order valence-electron chi connectivity index (χ3n) is 2.74. The summed E-state index contributed by atoms with van der Waals surface area (Å²) in [5.41, 5.74) is 0.756. The zero-order chi connectivity index (χ0) is 14.4. The Balaban J connectivity index is 0.000000861. The Labute approximate surface area is 112 Å². The largest absolute Gasteiger partial charge is 0.458 e. The van der Waals surface area contributed by atoms with Crippen LogP contribution in [0.25, 0.3) is 11.0 Å². The molecule has 0 saturated carbocycles. The molecule has 0 bridgehead atoms. The molecule has 0 amide bonds. The molecule has 1 heterocycles. The normalized spacial score (nSPS) is 12.1. The van der Waals surface area contributed by atoms with Gasteiger partial charge in [0.15, 0.2) is 17.2 Å². The smallest absolute Gasteiger partial charge is 0.172 e. The van der Waals surface area contributed by atoms with Crippen molar-refractivity contribution in [3.63, 3.8) is 0 Å². The molecule has 4 heteroatoms. The van der Waals surface area contributed by atoms with Crippen LogP contribution in [0.4, 0.5) is 8.78 Å². The molecule has 0 saturated heterocycles. The number of benzene rings is 1. The molecule has 0 radical (unpaired) electrons. The first-order valence-electron chi connectivity index (χ1n) is 6.70. The molecular formula is C15H21F2NO. The van der Waals surface area contributed by atoms with Crippen LogP contribution in [0.15, 0.2) is 22.8 Å².